The van der Waals surface area contributed by atoms with Crippen LogP contribution < -0.4 is 10.6 Å². The van der Waals surface area contributed by atoms with E-state index in [1.807, 2.05) is 0 Å². The average Bonchev–Trinajstić information content (AvgIpc) is 2.17. The van der Waals surface area contributed by atoms with E-state index in [-0.39, 0.29) is 12.3 Å². The number of nitrogens with one attached hydrogen (secondary N) is 2. The van der Waals surface area contributed by atoms with E-state index in [1.165, 1.54) is 0 Å². The van der Waals surface area contributed by atoms with Crippen LogP contribution in [0.3, 0.4) is 0 Å². The minimum atomic E-state index is 0.0856. The van der Waals surface area contributed by atoms with Crippen LogP contribution in [0.2, 0.25) is 0 Å². The molecular formula is C9H18N2O2. The predicted molar refractivity (Wildman–Crippen MR) is 49.2 cm³/mol. The molecule has 2 aliphatic rings. The maximum Gasteiger partial charge on any atom is 0.137 e. The van der Waals surface area contributed by atoms with Gasteiger partial charge in [-0.3, -0.25) is 10.6 Å². The Morgan fingerprint density at radius 1 is 1.23 bits per heavy atom. The van der Waals surface area contributed by atoms with E-state index in [2.05, 4.69) is 24.5 Å². The van der Waals surface area contributed by atoms with Crippen molar-refractivity contribution in [2.24, 2.45) is 5.92 Å². The SMILES string of the molecule is CC(C)C1NCC2OCCOC2N1. The quantitative estimate of drug-likeness (QED) is 0.600. The van der Waals surface area contributed by atoms with Crippen LogP contribution in [0.1, 0.15) is 13.8 Å². The van der Waals surface area contributed by atoms with E-state index < -0.39 is 0 Å². The molecule has 2 rings (SSSR count). The molecular weight excluding hydrogens is 168 g/mol. The molecule has 0 saturated carbocycles. The van der Waals surface area contributed by atoms with Crippen LogP contribution in [0, 0.1) is 5.92 Å². The van der Waals surface area contributed by atoms with Crippen molar-refractivity contribution in [1.82, 2.24) is 10.6 Å². The summed E-state index contributed by atoms with van der Waals surface area (Å²) < 4.78 is 11.1. The van der Waals surface area contributed by atoms with Crippen LogP contribution in [0.5, 0.6) is 0 Å². The van der Waals surface area contributed by atoms with E-state index in [0.717, 1.165) is 13.2 Å². The number of rotatable bonds is 1. The fourth-order valence-corrected chi connectivity index (χ4v) is 1.80. The molecule has 0 aromatic rings. The summed E-state index contributed by atoms with van der Waals surface area (Å²) in [5, 5.41) is 6.80. The maximum atomic E-state index is 5.59. The Morgan fingerprint density at radius 2 is 2.00 bits per heavy atom. The van der Waals surface area contributed by atoms with E-state index in [9.17, 15) is 0 Å². The summed E-state index contributed by atoms with van der Waals surface area (Å²) in [4.78, 5) is 0. The highest BCUT2D eigenvalue weighted by atomic mass is 16.6. The van der Waals surface area contributed by atoms with Gasteiger partial charge in [0.15, 0.2) is 0 Å². The normalized spacial score (nSPS) is 40.4. The van der Waals surface area contributed by atoms with Gasteiger partial charge in [-0.1, -0.05) is 13.8 Å². The number of hydrogen-bond acceptors (Lipinski definition) is 4. The van der Waals surface area contributed by atoms with Gasteiger partial charge in [-0.15, -0.1) is 0 Å². The van der Waals surface area contributed by atoms with Gasteiger partial charge in [-0.05, 0) is 5.92 Å². The van der Waals surface area contributed by atoms with Crippen molar-refractivity contribution in [2.75, 3.05) is 19.8 Å². The van der Waals surface area contributed by atoms with Crippen LogP contribution in [0.4, 0.5) is 0 Å². The molecule has 3 atom stereocenters. The smallest absolute Gasteiger partial charge is 0.137 e. The van der Waals surface area contributed by atoms with Gasteiger partial charge >= 0.3 is 0 Å². The lowest BCUT2D eigenvalue weighted by atomic mass is 10.1. The van der Waals surface area contributed by atoms with E-state index in [1.54, 1.807) is 0 Å². The summed E-state index contributed by atoms with van der Waals surface area (Å²) in [6.45, 7) is 6.69. The molecule has 0 amide bonds. The lowest BCUT2D eigenvalue weighted by Crippen LogP contribution is -2.65. The Morgan fingerprint density at radius 3 is 2.77 bits per heavy atom. The molecule has 2 fully saturated rings. The Labute approximate surface area is 79.0 Å². The van der Waals surface area contributed by atoms with Crippen LogP contribution in [-0.2, 0) is 9.47 Å². The molecule has 0 spiro atoms. The zero-order chi connectivity index (χ0) is 9.26. The summed E-state index contributed by atoms with van der Waals surface area (Å²) in [6.07, 6.45) is 0.620. The van der Waals surface area contributed by atoms with Gasteiger partial charge in [0.05, 0.1) is 19.4 Å². The molecule has 13 heavy (non-hydrogen) atoms. The first-order valence-corrected chi connectivity index (χ1v) is 5.00. The molecule has 0 radical (unpaired) electrons. The van der Waals surface area contributed by atoms with Crippen molar-refractivity contribution in [2.45, 2.75) is 32.3 Å². The second-order valence-corrected chi connectivity index (χ2v) is 4.00. The van der Waals surface area contributed by atoms with Crippen molar-refractivity contribution in [3.63, 3.8) is 0 Å². The van der Waals surface area contributed by atoms with Gasteiger partial charge in [0, 0.05) is 6.54 Å². The molecule has 2 heterocycles. The standard InChI is InChI=1S/C9H18N2O2/c1-6(2)8-10-5-7-9(11-8)13-4-3-12-7/h6-11H,3-5H2,1-2H3. The Balaban J connectivity index is 1.91. The Bertz CT molecular complexity index is 175. The fourth-order valence-electron chi connectivity index (χ4n) is 1.80. The third-order valence-corrected chi connectivity index (χ3v) is 2.60. The Kier molecular flexibility index (Phi) is 2.83. The highest BCUT2D eigenvalue weighted by molar-refractivity contribution is 4.85. The highest BCUT2D eigenvalue weighted by Crippen LogP contribution is 2.14. The van der Waals surface area contributed by atoms with E-state index in [0.29, 0.717) is 18.7 Å². The zero-order valence-electron chi connectivity index (χ0n) is 8.25. The minimum absolute atomic E-state index is 0.0856. The predicted octanol–water partition coefficient (Wildman–Crippen LogP) is -0.0972. The third-order valence-electron chi connectivity index (χ3n) is 2.60. The monoisotopic (exact) mass is 186 g/mol. The molecule has 0 aromatic heterocycles. The number of ether oxygens (including phenoxy) is 2. The number of hydrogen-bond donors (Lipinski definition) is 2. The summed E-state index contributed by atoms with van der Waals surface area (Å²) in [5.74, 6) is 0.575. The largest absolute Gasteiger partial charge is 0.370 e. The molecule has 2 N–H and O–H groups in total. The molecule has 4 heteroatoms. The zero-order valence-corrected chi connectivity index (χ0v) is 8.25. The first-order chi connectivity index (χ1) is 6.27. The first-order valence-electron chi connectivity index (χ1n) is 5.00. The van der Waals surface area contributed by atoms with Crippen LogP contribution in [0.15, 0.2) is 0 Å². The highest BCUT2D eigenvalue weighted by Gasteiger charge is 2.33. The van der Waals surface area contributed by atoms with E-state index in [4.69, 9.17) is 9.47 Å². The van der Waals surface area contributed by atoms with Crippen molar-refractivity contribution < 1.29 is 9.47 Å². The minimum Gasteiger partial charge on any atom is -0.370 e. The summed E-state index contributed by atoms with van der Waals surface area (Å²) in [7, 11) is 0. The maximum absolute atomic E-state index is 5.59. The van der Waals surface area contributed by atoms with Crippen LogP contribution in [-0.4, -0.2) is 38.3 Å². The molecule has 76 valence electrons. The molecule has 3 unspecified atom stereocenters. The lowest BCUT2D eigenvalue weighted by molar-refractivity contribution is -0.169. The van der Waals surface area contributed by atoms with Gasteiger partial charge < -0.3 is 9.47 Å². The second kappa shape index (κ2) is 3.92. The summed E-state index contributed by atoms with van der Waals surface area (Å²) >= 11 is 0. The van der Waals surface area contributed by atoms with Crippen molar-refractivity contribution in [3.05, 3.63) is 0 Å². The summed E-state index contributed by atoms with van der Waals surface area (Å²) in [5.41, 5.74) is 0. The first kappa shape index (κ1) is 9.40. The molecule has 2 aliphatic heterocycles. The molecule has 0 aliphatic carbocycles. The fraction of sp³-hybridized carbons (Fsp3) is 1.00. The van der Waals surface area contributed by atoms with Gasteiger partial charge in [-0.25, -0.2) is 0 Å². The van der Waals surface area contributed by atoms with Gasteiger partial charge in [-0.2, -0.15) is 0 Å². The van der Waals surface area contributed by atoms with Crippen LogP contribution >= 0.6 is 0 Å². The third kappa shape index (κ3) is 2.02. The molecule has 4 nitrogen and oxygen atoms in total. The van der Waals surface area contributed by atoms with Gasteiger partial charge in [0.2, 0.25) is 0 Å². The molecule has 2 saturated heterocycles. The number of fused-ring (bicyclic) bond motifs is 1. The van der Waals surface area contributed by atoms with Crippen LogP contribution in [0.25, 0.3) is 0 Å². The van der Waals surface area contributed by atoms with Crippen molar-refractivity contribution in [3.8, 4) is 0 Å². The Hall–Kier alpha value is -0.160. The summed E-state index contributed by atoms with van der Waals surface area (Å²) in [6, 6.07) is 0. The van der Waals surface area contributed by atoms with Crippen molar-refractivity contribution >= 4 is 0 Å². The topological polar surface area (TPSA) is 42.5 Å². The van der Waals surface area contributed by atoms with E-state index >= 15 is 0 Å². The lowest BCUT2D eigenvalue weighted by Gasteiger charge is -2.41. The average molecular weight is 186 g/mol. The van der Waals surface area contributed by atoms with Gasteiger partial charge in [0.25, 0.3) is 0 Å². The molecule has 0 bridgehead atoms. The molecule has 0 aromatic carbocycles. The van der Waals surface area contributed by atoms with Gasteiger partial charge in [0.1, 0.15) is 12.3 Å². The van der Waals surface area contributed by atoms with Crippen molar-refractivity contribution in [1.29, 1.82) is 0 Å². The second-order valence-electron chi connectivity index (χ2n) is 4.00.